The van der Waals surface area contributed by atoms with Crippen LogP contribution < -0.4 is 0 Å². The minimum atomic E-state index is -0.215. The zero-order valence-corrected chi connectivity index (χ0v) is 6.80. The Balaban J connectivity index is 2.48. The largest absolute Gasteiger partial charge is 0.389 e. The molecule has 1 heteroatoms. The molecule has 0 fully saturated rings. The first-order valence-electron chi connectivity index (χ1n) is 4.07. The average Bonchev–Trinajstić information content (AvgIpc) is 1.88. The molecule has 0 aromatic rings. The second-order valence-corrected chi connectivity index (χ2v) is 3.33. The lowest BCUT2D eigenvalue weighted by atomic mass is 9.89. The monoisotopic (exact) mass is 140 g/mol. The maximum atomic E-state index is 9.20. The maximum Gasteiger partial charge on any atom is 0.0721 e. The van der Waals surface area contributed by atoms with Crippen molar-refractivity contribution in [3.05, 3.63) is 11.6 Å². The number of allylic oxidation sites excluding steroid dienone is 1. The van der Waals surface area contributed by atoms with E-state index in [1.807, 2.05) is 6.92 Å². The van der Waals surface area contributed by atoms with Crippen LogP contribution >= 0.6 is 0 Å². The highest BCUT2D eigenvalue weighted by molar-refractivity contribution is 5.09. The van der Waals surface area contributed by atoms with Crippen LogP contribution in [0.1, 0.15) is 33.1 Å². The molecular weight excluding hydrogens is 124 g/mol. The molecule has 0 saturated heterocycles. The summed E-state index contributed by atoms with van der Waals surface area (Å²) in [4.78, 5) is 0. The van der Waals surface area contributed by atoms with Crippen molar-refractivity contribution in [3.8, 4) is 0 Å². The molecule has 0 bridgehead atoms. The first kappa shape index (κ1) is 7.80. The van der Waals surface area contributed by atoms with Gasteiger partial charge in [-0.25, -0.2) is 0 Å². The molecule has 0 saturated carbocycles. The Morgan fingerprint density at radius 2 is 2.40 bits per heavy atom. The van der Waals surface area contributed by atoms with Crippen LogP contribution in [0.4, 0.5) is 0 Å². The van der Waals surface area contributed by atoms with Gasteiger partial charge in [-0.3, -0.25) is 0 Å². The molecular formula is C9H16O. The van der Waals surface area contributed by atoms with Gasteiger partial charge in [-0.2, -0.15) is 0 Å². The van der Waals surface area contributed by atoms with E-state index in [1.165, 1.54) is 12.0 Å². The van der Waals surface area contributed by atoms with Gasteiger partial charge in [-0.05, 0) is 37.7 Å². The number of aliphatic hydroxyl groups excluding tert-OH is 1. The lowest BCUT2D eigenvalue weighted by molar-refractivity contribution is 0.221. The van der Waals surface area contributed by atoms with Crippen molar-refractivity contribution in [3.63, 3.8) is 0 Å². The fourth-order valence-electron chi connectivity index (χ4n) is 1.36. The molecule has 1 rings (SSSR count). The summed E-state index contributed by atoms with van der Waals surface area (Å²) in [5.41, 5.74) is 1.23. The second kappa shape index (κ2) is 3.20. The number of rotatable bonds is 1. The molecule has 1 aliphatic rings. The summed E-state index contributed by atoms with van der Waals surface area (Å²) >= 11 is 0. The lowest BCUT2D eigenvalue weighted by Crippen LogP contribution is -2.10. The van der Waals surface area contributed by atoms with E-state index in [2.05, 4.69) is 13.0 Å². The second-order valence-electron chi connectivity index (χ2n) is 3.33. The third-order valence-corrected chi connectivity index (χ3v) is 2.24. The molecule has 58 valence electrons. The quantitative estimate of drug-likeness (QED) is 0.553. The highest BCUT2D eigenvalue weighted by Gasteiger charge is 2.12. The van der Waals surface area contributed by atoms with Crippen molar-refractivity contribution < 1.29 is 5.11 Å². The van der Waals surface area contributed by atoms with E-state index in [0.29, 0.717) is 0 Å². The van der Waals surface area contributed by atoms with E-state index in [1.54, 1.807) is 0 Å². The van der Waals surface area contributed by atoms with Gasteiger partial charge in [0.25, 0.3) is 0 Å². The summed E-state index contributed by atoms with van der Waals surface area (Å²) in [5.74, 6) is 0.822. The molecule has 2 unspecified atom stereocenters. The third kappa shape index (κ3) is 1.84. The summed E-state index contributed by atoms with van der Waals surface area (Å²) in [6.07, 6.45) is 5.47. The lowest BCUT2D eigenvalue weighted by Gasteiger charge is -2.19. The van der Waals surface area contributed by atoms with E-state index in [-0.39, 0.29) is 6.10 Å². The fraction of sp³-hybridized carbons (Fsp3) is 0.778. The summed E-state index contributed by atoms with van der Waals surface area (Å²) in [6.45, 7) is 4.11. The fourth-order valence-corrected chi connectivity index (χ4v) is 1.36. The van der Waals surface area contributed by atoms with Crippen LogP contribution in [0.2, 0.25) is 0 Å². The van der Waals surface area contributed by atoms with Gasteiger partial charge in [0, 0.05) is 0 Å². The van der Waals surface area contributed by atoms with Crippen LogP contribution in [0.5, 0.6) is 0 Å². The summed E-state index contributed by atoms with van der Waals surface area (Å²) in [5, 5.41) is 9.20. The van der Waals surface area contributed by atoms with Gasteiger partial charge in [0.2, 0.25) is 0 Å². The van der Waals surface area contributed by atoms with E-state index in [9.17, 15) is 5.11 Å². The number of aliphatic hydroxyl groups is 1. The van der Waals surface area contributed by atoms with E-state index < -0.39 is 0 Å². The van der Waals surface area contributed by atoms with Crippen molar-refractivity contribution in [2.75, 3.05) is 0 Å². The number of hydrogen-bond acceptors (Lipinski definition) is 1. The molecule has 0 aromatic carbocycles. The van der Waals surface area contributed by atoms with Gasteiger partial charge in [0.15, 0.2) is 0 Å². The van der Waals surface area contributed by atoms with Crippen molar-refractivity contribution in [2.24, 2.45) is 5.92 Å². The maximum absolute atomic E-state index is 9.20. The van der Waals surface area contributed by atoms with Gasteiger partial charge in [0.1, 0.15) is 0 Å². The smallest absolute Gasteiger partial charge is 0.0721 e. The molecule has 0 aromatic heterocycles. The zero-order valence-electron chi connectivity index (χ0n) is 6.80. The molecule has 2 atom stereocenters. The molecule has 0 radical (unpaired) electrons. The predicted molar refractivity (Wildman–Crippen MR) is 42.8 cm³/mol. The van der Waals surface area contributed by atoms with Crippen molar-refractivity contribution in [1.82, 2.24) is 0 Å². The highest BCUT2D eigenvalue weighted by atomic mass is 16.3. The third-order valence-electron chi connectivity index (χ3n) is 2.24. The molecule has 0 heterocycles. The molecule has 10 heavy (non-hydrogen) atoms. The van der Waals surface area contributed by atoms with Crippen LogP contribution in [-0.2, 0) is 0 Å². The summed E-state index contributed by atoms with van der Waals surface area (Å²) in [6, 6.07) is 0. The van der Waals surface area contributed by atoms with Gasteiger partial charge in [-0.15, -0.1) is 0 Å². The first-order chi connectivity index (χ1) is 4.70. The molecule has 1 aliphatic carbocycles. The van der Waals surface area contributed by atoms with Crippen LogP contribution in [0.25, 0.3) is 0 Å². The average molecular weight is 140 g/mol. The Hall–Kier alpha value is -0.300. The van der Waals surface area contributed by atoms with Crippen molar-refractivity contribution >= 4 is 0 Å². The zero-order chi connectivity index (χ0) is 7.56. The predicted octanol–water partition coefficient (Wildman–Crippen LogP) is 2.11. The molecule has 0 amide bonds. The van der Waals surface area contributed by atoms with E-state index in [0.717, 1.165) is 18.8 Å². The van der Waals surface area contributed by atoms with Gasteiger partial charge in [-0.1, -0.05) is 13.0 Å². The molecule has 0 aliphatic heterocycles. The summed E-state index contributed by atoms with van der Waals surface area (Å²) in [7, 11) is 0. The van der Waals surface area contributed by atoms with Crippen LogP contribution in [0, 0.1) is 5.92 Å². The van der Waals surface area contributed by atoms with E-state index >= 15 is 0 Å². The molecule has 0 spiro atoms. The molecule has 1 N–H and O–H groups in total. The van der Waals surface area contributed by atoms with Crippen molar-refractivity contribution in [2.45, 2.75) is 39.2 Å². The Bertz CT molecular complexity index is 136. The minimum Gasteiger partial charge on any atom is -0.389 e. The van der Waals surface area contributed by atoms with Crippen molar-refractivity contribution in [1.29, 1.82) is 0 Å². The van der Waals surface area contributed by atoms with Gasteiger partial charge >= 0.3 is 0 Å². The van der Waals surface area contributed by atoms with Gasteiger partial charge in [0.05, 0.1) is 6.10 Å². The Kier molecular flexibility index (Phi) is 2.50. The van der Waals surface area contributed by atoms with Crippen LogP contribution in [-0.4, -0.2) is 11.2 Å². The normalized spacial score (nSPS) is 29.5. The minimum absolute atomic E-state index is 0.215. The Morgan fingerprint density at radius 1 is 1.70 bits per heavy atom. The van der Waals surface area contributed by atoms with Crippen LogP contribution in [0.3, 0.4) is 0 Å². The summed E-state index contributed by atoms with van der Waals surface area (Å²) < 4.78 is 0. The molecule has 1 nitrogen and oxygen atoms in total. The standard InChI is InChI=1S/C9H16O/c1-7-3-5-9(6-4-7)8(2)10/h5,7-8,10H,3-4,6H2,1-2H3. The van der Waals surface area contributed by atoms with Crippen LogP contribution in [0.15, 0.2) is 11.6 Å². The highest BCUT2D eigenvalue weighted by Crippen LogP contribution is 2.24. The topological polar surface area (TPSA) is 20.2 Å². The number of hydrogen-bond donors (Lipinski definition) is 1. The first-order valence-corrected chi connectivity index (χ1v) is 4.07. The Labute approximate surface area is 62.8 Å². The Morgan fingerprint density at radius 3 is 2.80 bits per heavy atom. The van der Waals surface area contributed by atoms with Gasteiger partial charge < -0.3 is 5.11 Å². The SMILES string of the molecule is CC1CC=C(C(C)O)CC1. The van der Waals surface area contributed by atoms with E-state index in [4.69, 9.17) is 0 Å².